The van der Waals surface area contributed by atoms with Crippen molar-refractivity contribution in [2.75, 3.05) is 6.54 Å². The third-order valence-electron chi connectivity index (χ3n) is 4.88. The Labute approximate surface area is 169 Å². The van der Waals surface area contributed by atoms with Gasteiger partial charge in [-0.05, 0) is 31.3 Å². The third-order valence-corrected chi connectivity index (χ3v) is 6.68. The van der Waals surface area contributed by atoms with Crippen molar-refractivity contribution in [3.05, 3.63) is 21.7 Å². The minimum Gasteiger partial charge on any atom is -0.477 e. The molecule has 0 saturated carbocycles. The monoisotopic (exact) mass is 426 g/mol. The van der Waals surface area contributed by atoms with Crippen LogP contribution in [0.2, 0.25) is 0 Å². The van der Waals surface area contributed by atoms with E-state index in [0.717, 1.165) is 5.69 Å². The van der Waals surface area contributed by atoms with Crippen LogP contribution in [0.3, 0.4) is 0 Å². The Morgan fingerprint density at radius 1 is 1.50 bits per heavy atom. The second kappa shape index (κ2) is 8.45. The molecule has 152 valence electrons. The summed E-state index contributed by atoms with van der Waals surface area (Å²) in [5.41, 5.74) is 11.5. The van der Waals surface area contributed by atoms with Gasteiger partial charge >= 0.3 is 5.97 Å². The molecular formula is C16H22N6O4S2. The zero-order valence-corrected chi connectivity index (χ0v) is 16.8. The number of aliphatic hydroxyl groups is 1. The number of amides is 1. The number of β-lactam (4-membered cyclic amide) rings is 1. The van der Waals surface area contributed by atoms with E-state index in [-0.39, 0.29) is 29.5 Å². The van der Waals surface area contributed by atoms with Crippen molar-refractivity contribution in [3.8, 4) is 0 Å². The van der Waals surface area contributed by atoms with Crippen molar-refractivity contribution >= 4 is 41.1 Å². The van der Waals surface area contributed by atoms with Gasteiger partial charge in [-0.1, -0.05) is 4.49 Å². The Hall–Kier alpha value is -2.18. The summed E-state index contributed by atoms with van der Waals surface area (Å²) in [6.07, 6.45) is 0.377. The number of carboxylic acids is 1. The van der Waals surface area contributed by atoms with E-state index in [1.807, 2.05) is 0 Å². The second-order valence-electron chi connectivity index (χ2n) is 6.72. The Balaban J connectivity index is 1.86. The minimum absolute atomic E-state index is 0.00104. The number of carboxylic acid groups (broad SMARTS) is 1. The number of rotatable bonds is 9. The van der Waals surface area contributed by atoms with E-state index in [1.54, 1.807) is 12.3 Å². The first kappa shape index (κ1) is 20.6. The summed E-state index contributed by atoms with van der Waals surface area (Å²) < 4.78 is 3.82. The highest BCUT2D eigenvalue weighted by Crippen LogP contribution is 2.52. The number of hydrogen-bond acceptors (Lipinski definition) is 8. The predicted molar refractivity (Wildman–Crippen MR) is 105 cm³/mol. The normalized spacial score (nSPS) is 24.7. The van der Waals surface area contributed by atoms with Gasteiger partial charge in [-0.25, -0.2) is 4.79 Å². The number of aliphatic hydroxyl groups excluding tert-OH is 1. The van der Waals surface area contributed by atoms with Crippen molar-refractivity contribution in [2.45, 2.75) is 37.7 Å². The summed E-state index contributed by atoms with van der Waals surface area (Å²) in [5, 5.41) is 25.6. The number of aliphatic carboxylic acids is 1. The van der Waals surface area contributed by atoms with Crippen molar-refractivity contribution in [1.29, 1.82) is 0 Å². The molecule has 0 radical (unpaired) electrons. The average Bonchev–Trinajstić information content (AvgIpc) is 3.21. The minimum atomic E-state index is -1.15. The average molecular weight is 427 g/mol. The van der Waals surface area contributed by atoms with Crippen LogP contribution in [0.1, 0.15) is 25.5 Å². The molecule has 0 aliphatic carbocycles. The van der Waals surface area contributed by atoms with E-state index in [4.69, 9.17) is 11.5 Å². The van der Waals surface area contributed by atoms with Crippen molar-refractivity contribution in [1.82, 2.24) is 14.5 Å². The molecule has 1 saturated heterocycles. The van der Waals surface area contributed by atoms with Crippen LogP contribution in [0.25, 0.3) is 0 Å². The van der Waals surface area contributed by atoms with Crippen LogP contribution in [0.4, 0.5) is 0 Å². The first-order valence-electron chi connectivity index (χ1n) is 8.75. The fourth-order valence-corrected chi connectivity index (χ4v) is 5.56. The Morgan fingerprint density at radius 3 is 2.82 bits per heavy atom. The molecule has 1 aromatic rings. The van der Waals surface area contributed by atoms with Gasteiger partial charge in [0.25, 0.3) is 0 Å². The molecule has 2 aliphatic heterocycles. The highest BCUT2D eigenvalue weighted by atomic mass is 32.2. The lowest BCUT2D eigenvalue weighted by Gasteiger charge is -2.47. The smallest absolute Gasteiger partial charge is 0.353 e. The number of hydrogen-bond donors (Lipinski definition) is 4. The van der Waals surface area contributed by atoms with Crippen molar-refractivity contribution < 1.29 is 19.8 Å². The van der Waals surface area contributed by atoms with Gasteiger partial charge in [0.05, 0.1) is 23.8 Å². The Kier molecular flexibility index (Phi) is 6.20. The first-order valence-corrected chi connectivity index (χ1v) is 10.6. The molecule has 3 rings (SSSR count). The molecule has 0 unspecified atom stereocenters. The van der Waals surface area contributed by atoms with E-state index < -0.39 is 18.0 Å². The number of fused-ring (bicyclic) bond motifs is 1. The van der Waals surface area contributed by atoms with Gasteiger partial charge in [0.1, 0.15) is 5.70 Å². The van der Waals surface area contributed by atoms with Crippen LogP contribution in [-0.2, 0) is 15.3 Å². The number of guanidine groups is 1. The second-order valence-corrected chi connectivity index (χ2v) is 8.35. The van der Waals surface area contributed by atoms with Crippen LogP contribution in [0.15, 0.2) is 21.0 Å². The molecule has 28 heavy (non-hydrogen) atoms. The summed E-state index contributed by atoms with van der Waals surface area (Å²) in [5.74, 6) is -1.84. The largest absolute Gasteiger partial charge is 0.477 e. The van der Waals surface area contributed by atoms with Crippen LogP contribution < -0.4 is 11.5 Å². The number of carbonyl (C=O) groups is 2. The lowest BCUT2D eigenvalue weighted by Crippen LogP contribution is -2.63. The van der Waals surface area contributed by atoms with Gasteiger partial charge in [-0.2, -0.15) is 0 Å². The van der Waals surface area contributed by atoms with Crippen LogP contribution in [0, 0.1) is 11.8 Å². The lowest BCUT2D eigenvalue weighted by atomic mass is 9.77. The third kappa shape index (κ3) is 3.84. The molecule has 2 aliphatic rings. The van der Waals surface area contributed by atoms with Crippen molar-refractivity contribution in [2.24, 2.45) is 28.3 Å². The maximum Gasteiger partial charge on any atom is 0.353 e. The summed E-state index contributed by atoms with van der Waals surface area (Å²) in [6, 6.07) is -0.367. The van der Waals surface area contributed by atoms with Crippen LogP contribution in [0.5, 0.6) is 0 Å². The van der Waals surface area contributed by atoms with Gasteiger partial charge in [0.15, 0.2) is 5.96 Å². The number of carbonyl (C=O) groups excluding carboxylic acids is 1. The van der Waals surface area contributed by atoms with E-state index >= 15 is 0 Å². The number of aromatic nitrogens is 2. The molecule has 12 heteroatoms. The van der Waals surface area contributed by atoms with Gasteiger partial charge in [-0.15, -0.1) is 16.9 Å². The van der Waals surface area contributed by atoms with Crippen molar-refractivity contribution in [3.63, 3.8) is 0 Å². The Bertz CT molecular complexity index is 806. The van der Waals surface area contributed by atoms with Gasteiger partial charge < -0.3 is 26.6 Å². The molecule has 6 N–H and O–H groups in total. The first-order chi connectivity index (χ1) is 13.3. The fourth-order valence-electron chi connectivity index (χ4n) is 3.77. The molecule has 1 fully saturated rings. The zero-order valence-electron chi connectivity index (χ0n) is 15.2. The van der Waals surface area contributed by atoms with Gasteiger partial charge in [0.2, 0.25) is 5.91 Å². The zero-order chi connectivity index (χ0) is 20.4. The Morgan fingerprint density at radius 2 is 2.25 bits per heavy atom. The van der Waals surface area contributed by atoms with E-state index in [2.05, 4.69) is 14.6 Å². The molecule has 0 aromatic carbocycles. The molecular weight excluding hydrogens is 404 g/mol. The maximum absolute atomic E-state index is 12.5. The molecule has 0 spiro atoms. The maximum atomic E-state index is 12.5. The number of aliphatic imine (C=N–C) groups is 1. The van der Waals surface area contributed by atoms with E-state index in [9.17, 15) is 19.8 Å². The summed E-state index contributed by atoms with van der Waals surface area (Å²) >= 11 is 2.58. The highest BCUT2D eigenvalue weighted by molar-refractivity contribution is 8.02. The molecule has 1 amide bonds. The summed E-state index contributed by atoms with van der Waals surface area (Å²) in [4.78, 5) is 30.4. The molecule has 10 nitrogen and oxygen atoms in total. The molecule has 1 aromatic heterocycles. The quantitative estimate of drug-likeness (QED) is 0.183. The molecule has 4 atom stereocenters. The van der Waals surface area contributed by atoms with E-state index in [1.165, 1.54) is 28.2 Å². The molecule has 3 heterocycles. The van der Waals surface area contributed by atoms with E-state index in [0.29, 0.717) is 30.0 Å². The topological polar surface area (TPSA) is 168 Å². The summed E-state index contributed by atoms with van der Waals surface area (Å²) in [6.45, 7) is 1.97. The SMILES string of the molecule is C[C@@H](O)[C@H]1C(=O)N2C(C(=O)O)=C(SCc3csnn3)[C@H](CCCN=C(N)N)[C@H]12. The fraction of sp³-hybridized carbons (Fsp3) is 0.562. The number of nitrogens with zero attached hydrogens (tertiary/aromatic N) is 4. The standard InChI is InChI=1S/C16H22N6O4S2/c1-7(23)10-11-9(3-2-4-19-16(17)18)13(27-5-8-6-28-21-20-8)12(15(25)26)22(11)14(10)24/h6-7,9-11,23H,2-5H2,1H3,(H,25,26)(H4,17,18,19)/t7-,9-,10-,11-/m1/s1. The molecule has 0 bridgehead atoms. The summed E-state index contributed by atoms with van der Waals surface area (Å²) in [7, 11) is 0. The predicted octanol–water partition coefficient (Wildman–Crippen LogP) is -0.0413. The lowest BCUT2D eigenvalue weighted by molar-refractivity contribution is -0.163. The van der Waals surface area contributed by atoms with Crippen LogP contribution >= 0.6 is 23.3 Å². The van der Waals surface area contributed by atoms with Gasteiger partial charge in [-0.3, -0.25) is 9.79 Å². The number of nitrogens with two attached hydrogens (primary N) is 2. The van der Waals surface area contributed by atoms with Crippen LogP contribution in [-0.4, -0.2) is 61.2 Å². The number of thioether (sulfide) groups is 1. The van der Waals surface area contributed by atoms with Gasteiger partial charge in [0, 0.05) is 28.5 Å². The highest BCUT2D eigenvalue weighted by Gasteiger charge is 2.60.